The summed E-state index contributed by atoms with van der Waals surface area (Å²) in [5.74, 6) is 0.736. The number of sulfonamides is 1. The molecule has 0 spiro atoms. The molecule has 0 radical (unpaired) electrons. The minimum absolute atomic E-state index is 0.0106. The minimum Gasteiger partial charge on any atom is -0.495 e. The molecule has 3 aliphatic carbocycles. The van der Waals surface area contributed by atoms with Crippen molar-refractivity contribution >= 4 is 43.5 Å². The fourth-order valence-electron chi connectivity index (χ4n) is 3.76. The Labute approximate surface area is 173 Å². The maximum atomic E-state index is 12.9. The Morgan fingerprint density at radius 3 is 2.59 bits per heavy atom. The molecule has 0 aromatic heterocycles. The van der Waals surface area contributed by atoms with Gasteiger partial charge in [-0.2, -0.15) is 4.72 Å². The molecule has 1 amide bonds. The minimum atomic E-state index is -3.94. The molecule has 1 atom stereocenters. The Morgan fingerprint density at radius 2 is 2.07 bits per heavy atom. The summed E-state index contributed by atoms with van der Waals surface area (Å²) in [6.45, 7) is 2.01. The number of hydrogen-bond acceptors (Lipinski definition) is 4. The van der Waals surface area contributed by atoms with Gasteiger partial charge in [0.2, 0.25) is 15.9 Å². The number of carbonyl (C=O) groups excluding carboxylic acids is 1. The number of hydrogen-bond donors (Lipinski definition) is 2. The van der Waals surface area contributed by atoms with Gasteiger partial charge >= 0.3 is 0 Å². The zero-order valence-corrected chi connectivity index (χ0v) is 18.5. The average Bonchev–Trinajstić information content (AvgIpc) is 2.53. The van der Waals surface area contributed by atoms with Crippen molar-refractivity contribution in [2.24, 2.45) is 5.92 Å². The highest BCUT2D eigenvalue weighted by molar-refractivity contribution is 9.10. The molecule has 3 aliphatic rings. The molecule has 1 aromatic rings. The number of ether oxygens (including phenoxy) is 1. The fraction of sp³-hybridized carbons (Fsp3) is 0.611. The number of nitrogens with one attached hydrogen (secondary N) is 2. The standard InChI is InChI=1S/C18H24BrClN2O4S/c1-3-4-5-14(17(23)21-18-8-11(9-18)10-18)22-27(24,25)16-7-15(26-2)13(20)6-12(16)19/h6-7,11,14,22H,3-5,8-10H2,1-2H3,(H,21,23)/t11?,14-,18?/m1/s1. The van der Waals surface area contributed by atoms with E-state index in [1.54, 1.807) is 0 Å². The van der Waals surface area contributed by atoms with Gasteiger partial charge in [-0.25, -0.2) is 8.42 Å². The van der Waals surface area contributed by atoms with Gasteiger partial charge in [0.25, 0.3) is 0 Å². The molecule has 2 bridgehead atoms. The van der Waals surface area contributed by atoms with Crippen LogP contribution >= 0.6 is 27.5 Å². The molecule has 3 fully saturated rings. The third-order valence-corrected chi connectivity index (χ3v) is 8.11. The van der Waals surface area contributed by atoms with Crippen LogP contribution in [0.3, 0.4) is 0 Å². The highest BCUT2D eigenvalue weighted by Crippen LogP contribution is 2.56. The van der Waals surface area contributed by atoms with Crippen molar-refractivity contribution in [3.63, 3.8) is 0 Å². The van der Waals surface area contributed by atoms with Crippen LogP contribution in [0.15, 0.2) is 21.5 Å². The van der Waals surface area contributed by atoms with Crippen molar-refractivity contribution in [3.05, 3.63) is 21.6 Å². The Balaban J connectivity index is 1.79. The lowest BCUT2D eigenvalue weighted by atomic mass is 9.50. The van der Waals surface area contributed by atoms with Gasteiger partial charge in [0, 0.05) is 16.1 Å². The van der Waals surface area contributed by atoms with Crippen LogP contribution in [0.4, 0.5) is 0 Å². The number of benzene rings is 1. The molecule has 4 rings (SSSR count). The molecular formula is C18H24BrClN2O4S. The second-order valence-corrected chi connectivity index (χ2v) is 10.4. The van der Waals surface area contributed by atoms with E-state index in [1.807, 2.05) is 6.92 Å². The predicted molar refractivity (Wildman–Crippen MR) is 108 cm³/mol. The summed E-state index contributed by atoms with van der Waals surface area (Å²) in [4.78, 5) is 12.7. The first-order chi connectivity index (χ1) is 12.7. The molecule has 27 heavy (non-hydrogen) atoms. The number of amides is 1. The van der Waals surface area contributed by atoms with Crippen LogP contribution in [-0.4, -0.2) is 33.0 Å². The van der Waals surface area contributed by atoms with Crippen molar-refractivity contribution in [3.8, 4) is 5.75 Å². The predicted octanol–water partition coefficient (Wildman–Crippen LogP) is 3.62. The van der Waals surface area contributed by atoms with E-state index in [4.69, 9.17) is 16.3 Å². The summed E-state index contributed by atoms with van der Waals surface area (Å²) >= 11 is 9.28. The van der Waals surface area contributed by atoms with Crippen LogP contribution in [0.2, 0.25) is 5.02 Å². The topological polar surface area (TPSA) is 84.5 Å². The Hall–Kier alpha value is -0.830. The maximum Gasteiger partial charge on any atom is 0.242 e. The SMILES string of the molecule is CCCC[C@@H](NS(=O)(=O)c1cc(OC)c(Cl)cc1Br)C(=O)NC12CC(C1)C2. The molecule has 150 valence electrons. The highest BCUT2D eigenvalue weighted by Gasteiger charge is 2.57. The molecule has 0 heterocycles. The number of halogens is 2. The molecule has 0 aliphatic heterocycles. The fourth-order valence-corrected chi connectivity index (χ4v) is 6.41. The van der Waals surface area contributed by atoms with Gasteiger partial charge in [-0.05, 0) is 53.6 Å². The summed E-state index contributed by atoms with van der Waals surface area (Å²) in [6.07, 6.45) is 5.09. The van der Waals surface area contributed by atoms with Crippen molar-refractivity contribution < 1.29 is 17.9 Å². The Morgan fingerprint density at radius 1 is 1.41 bits per heavy atom. The van der Waals surface area contributed by atoms with E-state index in [1.165, 1.54) is 19.2 Å². The monoisotopic (exact) mass is 478 g/mol. The molecule has 1 aromatic carbocycles. The molecule has 9 heteroatoms. The number of carbonyl (C=O) groups is 1. The second kappa shape index (κ2) is 7.89. The van der Waals surface area contributed by atoms with Gasteiger partial charge in [-0.3, -0.25) is 4.79 Å². The van der Waals surface area contributed by atoms with Crippen LogP contribution in [0.5, 0.6) is 5.75 Å². The van der Waals surface area contributed by atoms with E-state index < -0.39 is 16.1 Å². The lowest BCUT2D eigenvalue weighted by molar-refractivity contribution is -0.134. The average molecular weight is 480 g/mol. The molecule has 0 unspecified atom stereocenters. The molecule has 2 N–H and O–H groups in total. The van der Waals surface area contributed by atoms with Gasteiger partial charge in [0.15, 0.2) is 0 Å². The number of rotatable bonds is 9. The van der Waals surface area contributed by atoms with Gasteiger partial charge in [0.05, 0.1) is 17.0 Å². The first-order valence-electron chi connectivity index (χ1n) is 9.07. The van der Waals surface area contributed by atoms with Crippen LogP contribution in [0.25, 0.3) is 0 Å². The van der Waals surface area contributed by atoms with E-state index in [0.29, 0.717) is 15.9 Å². The summed E-state index contributed by atoms with van der Waals surface area (Å²) in [6, 6.07) is 2.01. The third kappa shape index (κ3) is 4.28. The summed E-state index contributed by atoms with van der Waals surface area (Å²) in [5, 5.41) is 3.36. The molecule has 3 saturated carbocycles. The van der Waals surface area contributed by atoms with Crippen LogP contribution in [0.1, 0.15) is 45.4 Å². The maximum absolute atomic E-state index is 12.9. The zero-order valence-electron chi connectivity index (χ0n) is 15.3. The smallest absolute Gasteiger partial charge is 0.242 e. The van der Waals surface area contributed by atoms with Gasteiger partial charge in [-0.1, -0.05) is 31.4 Å². The lowest BCUT2D eigenvalue weighted by Crippen LogP contribution is -2.70. The molecule has 6 nitrogen and oxygen atoms in total. The largest absolute Gasteiger partial charge is 0.495 e. The van der Waals surface area contributed by atoms with Gasteiger partial charge < -0.3 is 10.1 Å². The Kier molecular flexibility index (Phi) is 6.11. The number of methoxy groups -OCH3 is 1. The highest BCUT2D eigenvalue weighted by atomic mass is 79.9. The quantitative estimate of drug-likeness (QED) is 0.566. The molecule has 0 saturated heterocycles. The first kappa shape index (κ1) is 20.9. The molecular weight excluding hydrogens is 456 g/mol. The number of unbranched alkanes of at least 4 members (excludes halogenated alkanes) is 1. The zero-order chi connectivity index (χ0) is 19.8. The van der Waals surface area contributed by atoms with E-state index in [-0.39, 0.29) is 22.1 Å². The van der Waals surface area contributed by atoms with Crippen LogP contribution in [0, 0.1) is 5.92 Å². The summed E-state index contributed by atoms with van der Waals surface area (Å²) in [5.41, 5.74) is -0.0955. The first-order valence-corrected chi connectivity index (χ1v) is 11.7. The van der Waals surface area contributed by atoms with E-state index in [0.717, 1.165) is 38.0 Å². The van der Waals surface area contributed by atoms with Crippen molar-refractivity contribution in [2.75, 3.05) is 7.11 Å². The summed E-state index contributed by atoms with van der Waals surface area (Å²) < 4.78 is 33.9. The lowest BCUT2D eigenvalue weighted by Gasteiger charge is -2.62. The van der Waals surface area contributed by atoms with Crippen molar-refractivity contribution in [2.45, 2.75) is 61.9 Å². The van der Waals surface area contributed by atoms with Gasteiger partial charge in [-0.15, -0.1) is 0 Å². The normalized spacial score (nSPS) is 24.5. The van der Waals surface area contributed by atoms with Crippen LogP contribution < -0.4 is 14.8 Å². The van der Waals surface area contributed by atoms with Gasteiger partial charge in [0.1, 0.15) is 11.8 Å². The van der Waals surface area contributed by atoms with Crippen LogP contribution in [-0.2, 0) is 14.8 Å². The Bertz CT molecular complexity index is 829. The van der Waals surface area contributed by atoms with E-state index in [2.05, 4.69) is 26.0 Å². The van der Waals surface area contributed by atoms with E-state index in [9.17, 15) is 13.2 Å². The van der Waals surface area contributed by atoms with E-state index >= 15 is 0 Å². The third-order valence-electron chi connectivity index (χ3n) is 5.38. The van der Waals surface area contributed by atoms with Crippen molar-refractivity contribution in [1.82, 2.24) is 10.0 Å². The second-order valence-electron chi connectivity index (χ2n) is 7.48. The summed E-state index contributed by atoms with van der Waals surface area (Å²) in [7, 11) is -2.53. The van der Waals surface area contributed by atoms with Crippen molar-refractivity contribution in [1.29, 1.82) is 0 Å².